The van der Waals surface area contributed by atoms with E-state index in [4.69, 9.17) is 4.74 Å². The van der Waals surface area contributed by atoms with Gasteiger partial charge in [0, 0.05) is 5.69 Å². The minimum Gasteiger partial charge on any atom is -0.497 e. The summed E-state index contributed by atoms with van der Waals surface area (Å²) in [6.07, 6.45) is 1.62. The van der Waals surface area contributed by atoms with Gasteiger partial charge in [0.2, 0.25) is 0 Å². The standard InChI is InChI=1S/C18H21N3O2/c1-13-4-6-15(7-5-13)12-19-21-18(22)14(2)20-16-8-10-17(23-3)11-9-16/h4-12,14,20H,1-3H3,(H,21,22)/b19-12-/t14-/m0/s1. The number of hydrazone groups is 1. The van der Waals surface area contributed by atoms with E-state index in [1.165, 1.54) is 5.56 Å². The van der Waals surface area contributed by atoms with Gasteiger partial charge in [-0.3, -0.25) is 4.79 Å². The van der Waals surface area contributed by atoms with Gasteiger partial charge in [-0.2, -0.15) is 5.10 Å². The second-order valence-electron chi connectivity index (χ2n) is 5.24. The summed E-state index contributed by atoms with van der Waals surface area (Å²) >= 11 is 0. The molecule has 0 spiro atoms. The number of benzene rings is 2. The van der Waals surface area contributed by atoms with E-state index in [0.29, 0.717) is 0 Å². The Labute approximate surface area is 136 Å². The third kappa shape index (κ3) is 5.14. The van der Waals surface area contributed by atoms with Crippen molar-refractivity contribution >= 4 is 17.8 Å². The maximum Gasteiger partial charge on any atom is 0.262 e. The van der Waals surface area contributed by atoms with E-state index in [1.54, 1.807) is 20.2 Å². The summed E-state index contributed by atoms with van der Waals surface area (Å²) in [6.45, 7) is 3.80. The SMILES string of the molecule is COc1ccc(N[C@@H](C)C(=O)N/N=C\c2ccc(C)cc2)cc1. The summed E-state index contributed by atoms with van der Waals surface area (Å²) < 4.78 is 5.10. The third-order valence-electron chi connectivity index (χ3n) is 3.33. The molecule has 5 heteroatoms. The third-order valence-corrected chi connectivity index (χ3v) is 3.33. The van der Waals surface area contributed by atoms with E-state index in [-0.39, 0.29) is 5.91 Å². The molecule has 1 amide bonds. The number of amides is 1. The molecule has 2 rings (SSSR count). The number of hydrogen-bond donors (Lipinski definition) is 2. The summed E-state index contributed by atoms with van der Waals surface area (Å²) in [5.74, 6) is 0.569. The van der Waals surface area contributed by atoms with E-state index in [0.717, 1.165) is 17.0 Å². The fourth-order valence-electron chi connectivity index (χ4n) is 1.92. The van der Waals surface area contributed by atoms with Gasteiger partial charge < -0.3 is 10.1 Å². The first-order valence-electron chi connectivity index (χ1n) is 7.38. The lowest BCUT2D eigenvalue weighted by atomic mass is 10.2. The molecule has 5 nitrogen and oxygen atoms in total. The zero-order chi connectivity index (χ0) is 16.7. The normalized spacial score (nSPS) is 12.0. The van der Waals surface area contributed by atoms with Crippen LogP contribution in [-0.4, -0.2) is 25.3 Å². The Morgan fingerprint density at radius 2 is 1.78 bits per heavy atom. The molecule has 0 aliphatic carbocycles. The predicted octanol–water partition coefficient (Wildman–Crippen LogP) is 2.95. The van der Waals surface area contributed by atoms with Crippen LogP contribution < -0.4 is 15.5 Å². The zero-order valence-corrected chi connectivity index (χ0v) is 13.5. The molecule has 120 valence electrons. The smallest absolute Gasteiger partial charge is 0.262 e. The molecule has 23 heavy (non-hydrogen) atoms. The first kappa shape index (κ1) is 16.5. The number of nitrogens with zero attached hydrogens (tertiary/aromatic N) is 1. The summed E-state index contributed by atoms with van der Waals surface area (Å²) in [7, 11) is 1.62. The molecular formula is C18H21N3O2. The van der Waals surface area contributed by atoms with E-state index < -0.39 is 6.04 Å². The first-order valence-corrected chi connectivity index (χ1v) is 7.38. The number of anilines is 1. The highest BCUT2D eigenvalue weighted by Crippen LogP contribution is 2.15. The van der Waals surface area contributed by atoms with Crippen molar-refractivity contribution in [3.8, 4) is 5.75 Å². The minimum atomic E-state index is -0.404. The van der Waals surface area contributed by atoms with Crippen molar-refractivity contribution in [1.82, 2.24) is 5.43 Å². The van der Waals surface area contributed by atoms with Crippen molar-refractivity contribution in [1.29, 1.82) is 0 Å². The van der Waals surface area contributed by atoms with Crippen molar-refractivity contribution in [2.75, 3.05) is 12.4 Å². The lowest BCUT2D eigenvalue weighted by Gasteiger charge is -2.13. The Balaban J connectivity index is 1.85. The van der Waals surface area contributed by atoms with Gasteiger partial charge in [-0.1, -0.05) is 29.8 Å². The summed E-state index contributed by atoms with van der Waals surface area (Å²) in [5.41, 5.74) is 5.50. The molecular weight excluding hydrogens is 290 g/mol. The van der Waals surface area contributed by atoms with Gasteiger partial charge in [-0.25, -0.2) is 5.43 Å². The van der Waals surface area contributed by atoms with E-state index >= 15 is 0 Å². The van der Waals surface area contributed by atoms with Gasteiger partial charge in [0.05, 0.1) is 13.3 Å². The van der Waals surface area contributed by atoms with Crippen LogP contribution in [-0.2, 0) is 4.79 Å². The van der Waals surface area contributed by atoms with Crippen molar-refractivity contribution < 1.29 is 9.53 Å². The zero-order valence-electron chi connectivity index (χ0n) is 13.5. The summed E-state index contributed by atoms with van der Waals surface area (Å²) in [5, 5.41) is 7.08. The van der Waals surface area contributed by atoms with Gasteiger partial charge in [-0.15, -0.1) is 0 Å². The van der Waals surface area contributed by atoms with Gasteiger partial charge in [0.1, 0.15) is 11.8 Å². The lowest BCUT2D eigenvalue weighted by Crippen LogP contribution is -2.34. The molecule has 0 saturated heterocycles. The van der Waals surface area contributed by atoms with Crippen LogP contribution in [0.25, 0.3) is 0 Å². The Morgan fingerprint density at radius 1 is 1.13 bits per heavy atom. The molecule has 0 radical (unpaired) electrons. The van der Waals surface area contributed by atoms with E-state index in [2.05, 4.69) is 15.8 Å². The maximum absolute atomic E-state index is 12.0. The molecule has 2 N–H and O–H groups in total. The average molecular weight is 311 g/mol. The predicted molar refractivity (Wildman–Crippen MR) is 93.0 cm³/mol. The summed E-state index contributed by atoms with van der Waals surface area (Å²) in [6, 6.07) is 14.9. The molecule has 0 unspecified atom stereocenters. The number of aryl methyl sites for hydroxylation is 1. The molecule has 2 aromatic rings. The van der Waals surface area contributed by atoms with Crippen LogP contribution in [0.4, 0.5) is 5.69 Å². The highest BCUT2D eigenvalue weighted by Gasteiger charge is 2.11. The van der Waals surface area contributed by atoms with E-state index in [9.17, 15) is 4.79 Å². The highest BCUT2D eigenvalue weighted by atomic mass is 16.5. The van der Waals surface area contributed by atoms with Crippen LogP contribution in [0, 0.1) is 6.92 Å². The van der Waals surface area contributed by atoms with Crippen molar-refractivity contribution in [3.63, 3.8) is 0 Å². The molecule has 0 heterocycles. The Bertz CT molecular complexity index is 664. The molecule has 0 saturated carbocycles. The number of carbonyl (C=O) groups excluding carboxylic acids is 1. The van der Waals surface area contributed by atoms with Gasteiger partial charge >= 0.3 is 0 Å². The number of carbonyl (C=O) groups is 1. The Morgan fingerprint density at radius 3 is 2.39 bits per heavy atom. The van der Waals surface area contributed by atoms with Crippen LogP contribution in [0.5, 0.6) is 5.75 Å². The maximum atomic E-state index is 12.0. The quantitative estimate of drug-likeness (QED) is 0.637. The van der Waals surface area contributed by atoms with Crippen LogP contribution >= 0.6 is 0 Å². The second kappa shape index (κ2) is 7.98. The van der Waals surface area contributed by atoms with Crippen molar-refractivity contribution in [2.24, 2.45) is 5.10 Å². The number of rotatable bonds is 6. The minimum absolute atomic E-state index is 0.204. The van der Waals surface area contributed by atoms with Gasteiger partial charge in [0.15, 0.2) is 0 Å². The van der Waals surface area contributed by atoms with E-state index in [1.807, 2.05) is 55.5 Å². The average Bonchev–Trinajstić information content (AvgIpc) is 2.57. The Hall–Kier alpha value is -2.82. The topological polar surface area (TPSA) is 62.7 Å². The van der Waals surface area contributed by atoms with Crippen LogP contribution in [0.3, 0.4) is 0 Å². The molecule has 0 aromatic heterocycles. The monoisotopic (exact) mass is 311 g/mol. The molecule has 0 bridgehead atoms. The second-order valence-corrected chi connectivity index (χ2v) is 5.24. The van der Waals surface area contributed by atoms with Gasteiger partial charge in [0.25, 0.3) is 5.91 Å². The first-order chi connectivity index (χ1) is 11.1. The largest absolute Gasteiger partial charge is 0.497 e. The van der Waals surface area contributed by atoms with Crippen molar-refractivity contribution in [3.05, 3.63) is 59.7 Å². The number of nitrogens with one attached hydrogen (secondary N) is 2. The molecule has 1 atom stereocenters. The van der Waals surface area contributed by atoms with Crippen LogP contribution in [0.2, 0.25) is 0 Å². The number of ether oxygens (including phenoxy) is 1. The Kier molecular flexibility index (Phi) is 5.74. The molecule has 2 aromatic carbocycles. The van der Waals surface area contributed by atoms with Crippen LogP contribution in [0.15, 0.2) is 53.6 Å². The fraction of sp³-hybridized carbons (Fsp3) is 0.222. The molecule has 0 fully saturated rings. The van der Waals surface area contributed by atoms with Crippen molar-refractivity contribution in [2.45, 2.75) is 19.9 Å². The number of methoxy groups -OCH3 is 1. The summed E-state index contributed by atoms with van der Waals surface area (Å²) in [4.78, 5) is 12.0. The lowest BCUT2D eigenvalue weighted by molar-refractivity contribution is -0.121. The molecule has 0 aliphatic heterocycles. The van der Waals surface area contributed by atoms with Crippen LogP contribution in [0.1, 0.15) is 18.1 Å². The van der Waals surface area contributed by atoms with Gasteiger partial charge in [-0.05, 0) is 43.7 Å². The number of hydrogen-bond acceptors (Lipinski definition) is 4. The highest BCUT2D eigenvalue weighted by molar-refractivity contribution is 5.86. The fourth-order valence-corrected chi connectivity index (χ4v) is 1.92. The molecule has 0 aliphatic rings.